The van der Waals surface area contributed by atoms with Crippen LogP contribution >= 0.6 is 11.6 Å². The molecule has 0 saturated heterocycles. The maximum absolute atomic E-state index is 8.42. The first-order valence-electron chi connectivity index (χ1n) is 4.24. The van der Waals surface area contributed by atoms with Crippen LogP contribution in [0.4, 0.5) is 0 Å². The molecule has 0 amide bonds. The van der Waals surface area contributed by atoms with Crippen molar-refractivity contribution in [2.75, 3.05) is 0 Å². The van der Waals surface area contributed by atoms with Crippen LogP contribution in [-0.2, 0) is 6.42 Å². The van der Waals surface area contributed by atoms with Crippen molar-refractivity contribution in [1.82, 2.24) is 0 Å². The summed E-state index contributed by atoms with van der Waals surface area (Å²) in [5.74, 6) is 0. The van der Waals surface area contributed by atoms with Crippen molar-refractivity contribution in [3.05, 3.63) is 35.4 Å². The second kappa shape index (κ2) is 4.87. The van der Waals surface area contributed by atoms with E-state index >= 15 is 0 Å². The molecule has 0 bridgehead atoms. The second-order valence-corrected chi connectivity index (χ2v) is 3.20. The molecular formula is C10H12ClNO. The quantitative estimate of drug-likeness (QED) is 0.451. The van der Waals surface area contributed by atoms with Crippen LogP contribution in [0, 0.1) is 0 Å². The summed E-state index contributed by atoms with van der Waals surface area (Å²) in [7, 11) is 0. The third-order valence-electron chi connectivity index (χ3n) is 1.82. The molecule has 0 unspecified atom stereocenters. The predicted molar refractivity (Wildman–Crippen MR) is 54.6 cm³/mol. The van der Waals surface area contributed by atoms with Crippen molar-refractivity contribution in [3.63, 3.8) is 0 Å². The summed E-state index contributed by atoms with van der Waals surface area (Å²) in [5, 5.41) is 11.5. The molecule has 0 heterocycles. The Balaban J connectivity index is 2.81. The van der Waals surface area contributed by atoms with E-state index < -0.39 is 0 Å². The first-order valence-corrected chi connectivity index (χ1v) is 4.62. The van der Waals surface area contributed by atoms with Gasteiger partial charge < -0.3 is 5.21 Å². The number of hydrogen-bond acceptors (Lipinski definition) is 2. The molecule has 1 aromatic carbocycles. The number of hydrogen-bond donors (Lipinski definition) is 1. The summed E-state index contributed by atoms with van der Waals surface area (Å²) in [4.78, 5) is 0. The van der Waals surface area contributed by atoms with E-state index in [1.165, 1.54) is 5.56 Å². The predicted octanol–water partition coefficient (Wildman–Crippen LogP) is 3.01. The number of oxime groups is 1. The van der Waals surface area contributed by atoms with Crippen LogP contribution in [0.25, 0.3) is 0 Å². The summed E-state index contributed by atoms with van der Waals surface area (Å²) in [6.07, 6.45) is 2.19. The average Bonchev–Trinajstić information content (AvgIpc) is 2.18. The Labute approximate surface area is 82.8 Å². The number of benzene rings is 1. The Morgan fingerprint density at radius 1 is 1.38 bits per heavy atom. The highest BCUT2D eigenvalue weighted by Gasteiger charge is 1.99. The Bertz CT molecular complexity index is 292. The van der Waals surface area contributed by atoms with E-state index in [1.54, 1.807) is 0 Å². The molecule has 0 radical (unpaired) electrons. The third kappa shape index (κ3) is 2.74. The average molecular weight is 198 g/mol. The van der Waals surface area contributed by atoms with Gasteiger partial charge in [-0.05, 0) is 12.0 Å². The normalized spacial score (nSPS) is 11.7. The molecule has 0 aliphatic heterocycles. The Morgan fingerprint density at radius 2 is 2.00 bits per heavy atom. The first-order chi connectivity index (χ1) is 6.27. The van der Waals surface area contributed by atoms with Crippen molar-refractivity contribution in [3.8, 4) is 0 Å². The number of rotatable bonds is 3. The molecule has 0 aliphatic carbocycles. The zero-order valence-electron chi connectivity index (χ0n) is 7.50. The second-order valence-electron chi connectivity index (χ2n) is 2.84. The van der Waals surface area contributed by atoms with Gasteiger partial charge in [-0.3, -0.25) is 0 Å². The summed E-state index contributed by atoms with van der Waals surface area (Å²) < 4.78 is 0. The van der Waals surface area contributed by atoms with E-state index in [9.17, 15) is 0 Å². The fraction of sp³-hybridized carbons (Fsp3) is 0.300. The van der Waals surface area contributed by atoms with Gasteiger partial charge in [-0.1, -0.05) is 54.4 Å². The molecule has 0 aromatic heterocycles. The van der Waals surface area contributed by atoms with Crippen LogP contribution in [0.1, 0.15) is 24.5 Å². The highest BCUT2D eigenvalue weighted by Crippen LogP contribution is 2.09. The monoisotopic (exact) mass is 197 g/mol. The lowest BCUT2D eigenvalue weighted by atomic mass is 10.1. The fourth-order valence-electron chi connectivity index (χ4n) is 1.16. The Morgan fingerprint density at radius 3 is 2.46 bits per heavy atom. The highest BCUT2D eigenvalue weighted by molar-refractivity contribution is 6.69. The van der Waals surface area contributed by atoms with Gasteiger partial charge in [0.1, 0.15) is 0 Å². The molecule has 0 fully saturated rings. The van der Waals surface area contributed by atoms with E-state index in [0.717, 1.165) is 18.4 Å². The number of nitrogens with zero attached hydrogens (tertiary/aromatic N) is 1. The standard InChI is InChI=1S/C10H12ClNO/c1-2-3-8-4-6-9(7-5-8)10(11)12-13/h4-7,13H,2-3H2,1H3. The van der Waals surface area contributed by atoms with Gasteiger partial charge in [0, 0.05) is 5.56 Å². The van der Waals surface area contributed by atoms with Gasteiger partial charge in [-0.15, -0.1) is 0 Å². The van der Waals surface area contributed by atoms with E-state index in [1.807, 2.05) is 24.3 Å². The van der Waals surface area contributed by atoms with E-state index in [0.29, 0.717) is 0 Å². The van der Waals surface area contributed by atoms with E-state index in [4.69, 9.17) is 16.8 Å². The number of halogens is 1. The molecule has 3 heteroatoms. The highest BCUT2D eigenvalue weighted by atomic mass is 35.5. The van der Waals surface area contributed by atoms with Crippen LogP contribution in [0.5, 0.6) is 0 Å². The minimum absolute atomic E-state index is 0.128. The van der Waals surface area contributed by atoms with Gasteiger partial charge in [0.15, 0.2) is 5.17 Å². The largest absolute Gasteiger partial charge is 0.410 e. The van der Waals surface area contributed by atoms with Gasteiger partial charge in [0.05, 0.1) is 0 Å². The maximum atomic E-state index is 8.42. The minimum Gasteiger partial charge on any atom is -0.410 e. The molecule has 0 aliphatic rings. The Kier molecular flexibility index (Phi) is 3.77. The van der Waals surface area contributed by atoms with E-state index in [2.05, 4.69) is 12.1 Å². The number of aryl methyl sites for hydroxylation is 1. The summed E-state index contributed by atoms with van der Waals surface area (Å²) in [6.45, 7) is 2.13. The zero-order valence-corrected chi connectivity index (χ0v) is 8.25. The molecule has 1 N–H and O–H groups in total. The summed E-state index contributed by atoms with van der Waals surface area (Å²) in [6, 6.07) is 7.69. The molecule has 13 heavy (non-hydrogen) atoms. The van der Waals surface area contributed by atoms with Crippen molar-refractivity contribution in [1.29, 1.82) is 0 Å². The molecule has 0 atom stereocenters. The zero-order chi connectivity index (χ0) is 9.68. The van der Waals surface area contributed by atoms with Crippen molar-refractivity contribution < 1.29 is 5.21 Å². The van der Waals surface area contributed by atoms with Gasteiger partial charge in [0.25, 0.3) is 0 Å². The van der Waals surface area contributed by atoms with Gasteiger partial charge in [-0.25, -0.2) is 0 Å². The van der Waals surface area contributed by atoms with Crippen LogP contribution in [-0.4, -0.2) is 10.4 Å². The van der Waals surface area contributed by atoms with Crippen molar-refractivity contribution in [2.24, 2.45) is 5.16 Å². The maximum Gasteiger partial charge on any atom is 0.175 e. The van der Waals surface area contributed by atoms with Crippen LogP contribution in [0.2, 0.25) is 0 Å². The molecular weight excluding hydrogens is 186 g/mol. The lowest BCUT2D eigenvalue weighted by molar-refractivity contribution is 0.321. The van der Waals surface area contributed by atoms with Gasteiger partial charge >= 0.3 is 0 Å². The SMILES string of the molecule is CCCc1ccc(C(Cl)=NO)cc1. The third-order valence-corrected chi connectivity index (χ3v) is 2.11. The van der Waals surface area contributed by atoms with Crippen LogP contribution < -0.4 is 0 Å². The lowest BCUT2D eigenvalue weighted by Crippen LogP contribution is -1.91. The van der Waals surface area contributed by atoms with Gasteiger partial charge in [0.2, 0.25) is 0 Å². The smallest absolute Gasteiger partial charge is 0.175 e. The van der Waals surface area contributed by atoms with Gasteiger partial charge in [-0.2, -0.15) is 0 Å². The molecule has 1 aromatic rings. The molecule has 2 nitrogen and oxygen atoms in total. The molecule has 70 valence electrons. The Hall–Kier alpha value is -1.02. The van der Waals surface area contributed by atoms with Crippen LogP contribution in [0.3, 0.4) is 0 Å². The van der Waals surface area contributed by atoms with Crippen molar-refractivity contribution in [2.45, 2.75) is 19.8 Å². The summed E-state index contributed by atoms with van der Waals surface area (Å²) in [5.41, 5.74) is 2.01. The minimum atomic E-state index is 0.128. The lowest BCUT2D eigenvalue weighted by Gasteiger charge is -1.99. The van der Waals surface area contributed by atoms with Crippen molar-refractivity contribution >= 4 is 16.8 Å². The van der Waals surface area contributed by atoms with Crippen LogP contribution in [0.15, 0.2) is 29.4 Å². The molecule has 0 saturated carbocycles. The van der Waals surface area contributed by atoms with E-state index in [-0.39, 0.29) is 5.17 Å². The summed E-state index contributed by atoms with van der Waals surface area (Å²) >= 11 is 5.62. The topological polar surface area (TPSA) is 32.6 Å². The fourth-order valence-corrected chi connectivity index (χ4v) is 1.28. The first kappa shape index (κ1) is 10.1. The molecule has 0 spiro atoms. The molecule has 1 rings (SSSR count).